The number of aryl methyl sites for hydroxylation is 2. The molecule has 22 heavy (non-hydrogen) atoms. The maximum Gasteiger partial charge on any atom is 0.413 e. The summed E-state index contributed by atoms with van der Waals surface area (Å²) in [5.74, 6) is 0. The Hall–Kier alpha value is -2.33. The number of benzene rings is 2. The van der Waals surface area contributed by atoms with Gasteiger partial charge in [-0.1, -0.05) is 36.4 Å². The van der Waals surface area contributed by atoms with E-state index in [9.17, 15) is 4.79 Å². The predicted octanol–water partition coefficient (Wildman–Crippen LogP) is 3.55. The van der Waals surface area contributed by atoms with Gasteiger partial charge < -0.3 is 10.5 Å². The van der Waals surface area contributed by atoms with E-state index in [2.05, 4.69) is 0 Å². The Morgan fingerprint density at radius 2 is 1.82 bits per heavy atom. The van der Waals surface area contributed by atoms with E-state index in [0.717, 1.165) is 27.9 Å². The monoisotopic (exact) mass is 298 g/mol. The lowest BCUT2D eigenvalue weighted by Gasteiger charge is -2.24. The number of carbonyl (C=O) groups excluding carboxylic acids is 1. The van der Waals surface area contributed by atoms with Crippen LogP contribution in [0.4, 0.5) is 10.5 Å². The summed E-state index contributed by atoms with van der Waals surface area (Å²) < 4.78 is 4.82. The smallest absolute Gasteiger partial charge is 0.413 e. The lowest BCUT2D eigenvalue weighted by molar-refractivity contribution is 0.180. The number of ether oxygens (including phenoxy) is 1. The summed E-state index contributed by atoms with van der Waals surface area (Å²) in [4.78, 5) is 13.4. The Bertz CT molecular complexity index is 683. The fourth-order valence-corrected chi connectivity index (χ4v) is 2.55. The second kappa shape index (κ2) is 6.62. The molecule has 0 saturated heterocycles. The molecule has 0 aliphatic carbocycles. The van der Waals surface area contributed by atoms with E-state index in [1.54, 1.807) is 7.05 Å². The second-order valence-electron chi connectivity index (χ2n) is 5.43. The molecule has 0 heterocycles. The first-order valence-electron chi connectivity index (χ1n) is 7.19. The minimum absolute atomic E-state index is 0.302. The molecular formula is C18H22N2O2. The summed E-state index contributed by atoms with van der Waals surface area (Å²) in [5, 5.41) is 0. The van der Waals surface area contributed by atoms with Crippen molar-refractivity contribution in [3.05, 3.63) is 64.7 Å². The summed E-state index contributed by atoms with van der Waals surface area (Å²) in [6.07, 6.45) is -0.413. The Kier molecular flexibility index (Phi) is 4.83. The maximum absolute atomic E-state index is 11.9. The van der Waals surface area contributed by atoms with Crippen molar-refractivity contribution in [2.45, 2.75) is 19.9 Å². The normalized spacial score (nSPS) is 11.9. The molecule has 4 heteroatoms. The standard InChI is InChI=1S/C18H22N2O2/c1-12-9-10-15(16(11-12)20(3)18(21)22-4)17(19)14-8-6-5-7-13(14)2/h5-11,17H,19H2,1-4H3. The van der Waals surface area contributed by atoms with Gasteiger partial charge in [0.15, 0.2) is 0 Å². The van der Waals surface area contributed by atoms with E-state index in [0.29, 0.717) is 0 Å². The zero-order valence-corrected chi connectivity index (χ0v) is 13.5. The SMILES string of the molecule is COC(=O)N(C)c1cc(C)ccc1C(N)c1ccccc1C. The molecule has 116 valence electrons. The quantitative estimate of drug-likeness (QED) is 0.942. The van der Waals surface area contributed by atoms with E-state index in [4.69, 9.17) is 10.5 Å². The molecule has 0 saturated carbocycles. The number of rotatable bonds is 3. The minimum atomic E-state index is -0.413. The van der Waals surface area contributed by atoms with Gasteiger partial charge in [-0.2, -0.15) is 0 Å². The Labute approximate surface area is 131 Å². The van der Waals surface area contributed by atoms with Crippen molar-refractivity contribution in [2.75, 3.05) is 19.1 Å². The van der Waals surface area contributed by atoms with E-state index >= 15 is 0 Å². The predicted molar refractivity (Wildman–Crippen MR) is 89.2 cm³/mol. The van der Waals surface area contributed by atoms with Crippen molar-refractivity contribution in [3.8, 4) is 0 Å². The molecule has 0 fully saturated rings. The first-order chi connectivity index (χ1) is 10.5. The van der Waals surface area contributed by atoms with Crippen molar-refractivity contribution in [2.24, 2.45) is 5.73 Å². The summed E-state index contributed by atoms with van der Waals surface area (Å²) in [6, 6.07) is 13.6. The molecule has 1 unspecified atom stereocenters. The molecular weight excluding hydrogens is 276 g/mol. The van der Waals surface area contributed by atoms with Gasteiger partial charge in [0.2, 0.25) is 0 Å². The minimum Gasteiger partial charge on any atom is -0.452 e. The second-order valence-corrected chi connectivity index (χ2v) is 5.43. The van der Waals surface area contributed by atoms with Crippen LogP contribution in [0.15, 0.2) is 42.5 Å². The van der Waals surface area contributed by atoms with Crippen LogP contribution in [0.5, 0.6) is 0 Å². The zero-order valence-electron chi connectivity index (χ0n) is 13.5. The average Bonchev–Trinajstić information content (AvgIpc) is 2.53. The third-order valence-corrected chi connectivity index (χ3v) is 3.85. The van der Waals surface area contributed by atoms with E-state index in [1.807, 2.05) is 56.3 Å². The van der Waals surface area contributed by atoms with Crippen molar-refractivity contribution < 1.29 is 9.53 Å². The fraction of sp³-hybridized carbons (Fsp3) is 0.278. The van der Waals surface area contributed by atoms with Gasteiger partial charge in [-0.15, -0.1) is 0 Å². The largest absolute Gasteiger partial charge is 0.452 e. The molecule has 2 rings (SSSR count). The van der Waals surface area contributed by atoms with Crippen molar-refractivity contribution in [1.82, 2.24) is 0 Å². The van der Waals surface area contributed by atoms with Crippen LogP contribution in [0.2, 0.25) is 0 Å². The highest BCUT2D eigenvalue weighted by Crippen LogP contribution is 2.31. The summed E-state index contributed by atoms with van der Waals surface area (Å²) in [5.41, 5.74) is 11.4. The summed E-state index contributed by atoms with van der Waals surface area (Å²) in [6.45, 7) is 4.02. The van der Waals surface area contributed by atoms with Gasteiger partial charge in [0.1, 0.15) is 0 Å². The molecule has 1 atom stereocenters. The van der Waals surface area contributed by atoms with Crippen molar-refractivity contribution in [3.63, 3.8) is 0 Å². The van der Waals surface area contributed by atoms with Gasteiger partial charge in [0, 0.05) is 7.05 Å². The van der Waals surface area contributed by atoms with Crippen LogP contribution in [0.1, 0.15) is 28.3 Å². The van der Waals surface area contributed by atoms with Crippen LogP contribution in [-0.2, 0) is 4.74 Å². The molecule has 2 aromatic carbocycles. The zero-order chi connectivity index (χ0) is 16.3. The highest BCUT2D eigenvalue weighted by Gasteiger charge is 2.20. The molecule has 0 aliphatic heterocycles. The molecule has 4 nitrogen and oxygen atoms in total. The molecule has 0 radical (unpaired) electrons. The molecule has 0 bridgehead atoms. The number of hydrogen-bond donors (Lipinski definition) is 1. The third-order valence-electron chi connectivity index (χ3n) is 3.85. The highest BCUT2D eigenvalue weighted by atomic mass is 16.5. The maximum atomic E-state index is 11.9. The number of methoxy groups -OCH3 is 1. The number of carbonyl (C=O) groups is 1. The lowest BCUT2D eigenvalue weighted by atomic mass is 9.93. The first-order valence-corrected chi connectivity index (χ1v) is 7.19. The number of amides is 1. The summed E-state index contributed by atoms with van der Waals surface area (Å²) >= 11 is 0. The van der Waals surface area contributed by atoms with Crippen LogP contribution < -0.4 is 10.6 Å². The fourth-order valence-electron chi connectivity index (χ4n) is 2.55. The molecule has 0 spiro atoms. The molecule has 1 amide bonds. The Morgan fingerprint density at radius 3 is 2.45 bits per heavy atom. The molecule has 0 aromatic heterocycles. The van der Waals surface area contributed by atoms with E-state index < -0.39 is 6.09 Å². The van der Waals surface area contributed by atoms with E-state index in [-0.39, 0.29) is 6.04 Å². The third kappa shape index (κ3) is 3.12. The number of nitrogens with zero attached hydrogens (tertiary/aromatic N) is 1. The van der Waals surface area contributed by atoms with Gasteiger partial charge >= 0.3 is 6.09 Å². The van der Waals surface area contributed by atoms with Crippen LogP contribution in [0, 0.1) is 13.8 Å². The van der Waals surface area contributed by atoms with Crippen LogP contribution >= 0.6 is 0 Å². The van der Waals surface area contributed by atoms with Gasteiger partial charge in [-0.3, -0.25) is 4.90 Å². The number of nitrogens with two attached hydrogens (primary N) is 1. The summed E-state index contributed by atoms with van der Waals surface area (Å²) in [7, 11) is 3.06. The van der Waals surface area contributed by atoms with Crippen LogP contribution in [0.3, 0.4) is 0 Å². The number of hydrogen-bond acceptors (Lipinski definition) is 3. The molecule has 2 N–H and O–H groups in total. The van der Waals surface area contributed by atoms with Crippen LogP contribution in [0.25, 0.3) is 0 Å². The van der Waals surface area contributed by atoms with Crippen LogP contribution in [-0.4, -0.2) is 20.3 Å². The average molecular weight is 298 g/mol. The topological polar surface area (TPSA) is 55.6 Å². The van der Waals surface area contributed by atoms with E-state index in [1.165, 1.54) is 12.0 Å². The molecule has 0 aliphatic rings. The Balaban J connectivity index is 2.51. The van der Waals surface area contributed by atoms with Crippen molar-refractivity contribution in [1.29, 1.82) is 0 Å². The van der Waals surface area contributed by atoms with Crippen molar-refractivity contribution >= 4 is 11.8 Å². The van der Waals surface area contributed by atoms with Gasteiger partial charge in [0.25, 0.3) is 0 Å². The van der Waals surface area contributed by atoms with Gasteiger partial charge in [-0.05, 0) is 42.2 Å². The highest BCUT2D eigenvalue weighted by molar-refractivity contribution is 5.88. The van der Waals surface area contributed by atoms with Gasteiger partial charge in [-0.25, -0.2) is 4.79 Å². The molecule has 2 aromatic rings. The number of anilines is 1. The first kappa shape index (κ1) is 16.0. The van der Waals surface area contributed by atoms with Gasteiger partial charge in [0.05, 0.1) is 18.8 Å². The Morgan fingerprint density at radius 1 is 1.14 bits per heavy atom. The lowest BCUT2D eigenvalue weighted by Crippen LogP contribution is -2.28.